The van der Waals surface area contributed by atoms with Crippen molar-refractivity contribution >= 4 is 22.0 Å². The molecule has 13 heavy (non-hydrogen) atoms. The van der Waals surface area contributed by atoms with Gasteiger partial charge in [0.25, 0.3) is 5.92 Å². The van der Waals surface area contributed by atoms with Crippen LogP contribution >= 0.6 is 15.9 Å². The molecule has 4 heteroatoms. The van der Waals surface area contributed by atoms with Gasteiger partial charge in [-0.05, 0) is 24.3 Å². The number of fused-ring (bicyclic) bond motifs is 1. The molecule has 0 bridgehead atoms. The van der Waals surface area contributed by atoms with Gasteiger partial charge in [-0.2, -0.15) is 8.78 Å². The molecule has 0 amide bonds. The van der Waals surface area contributed by atoms with Crippen molar-refractivity contribution in [3.05, 3.63) is 39.6 Å². The lowest BCUT2D eigenvalue weighted by Gasteiger charge is -2.09. The lowest BCUT2D eigenvalue weighted by atomic mass is 10.1. The first-order valence-corrected chi connectivity index (χ1v) is 4.36. The average Bonchev–Trinajstić information content (AvgIpc) is 2.28. The van der Waals surface area contributed by atoms with E-state index < -0.39 is 11.7 Å². The summed E-state index contributed by atoms with van der Waals surface area (Å²) in [5.74, 6) is -3.67. The van der Waals surface area contributed by atoms with Crippen LogP contribution in [0.1, 0.15) is 11.1 Å². The van der Waals surface area contributed by atoms with Gasteiger partial charge >= 0.3 is 0 Å². The van der Waals surface area contributed by atoms with Gasteiger partial charge in [-0.15, -0.1) is 0 Å². The minimum atomic E-state index is -3.04. The number of rotatable bonds is 0. The van der Waals surface area contributed by atoms with Gasteiger partial charge in [-0.3, -0.25) is 0 Å². The number of hydrogen-bond acceptors (Lipinski definition) is 0. The Hall–Kier alpha value is -0.770. The Kier molecular flexibility index (Phi) is 1.77. The van der Waals surface area contributed by atoms with E-state index in [9.17, 15) is 13.2 Å². The highest BCUT2D eigenvalue weighted by atomic mass is 79.9. The Morgan fingerprint density at radius 2 is 1.92 bits per heavy atom. The SMILES string of the molecule is Fc1cc(Br)cc2c1C=CC2(F)F. The van der Waals surface area contributed by atoms with Gasteiger partial charge < -0.3 is 0 Å². The molecule has 1 aliphatic rings. The van der Waals surface area contributed by atoms with Crippen LogP contribution in [0.2, 0.25) is 0 Å². The molecule has 0 unspecified atom stereocenters. The maximum atomic E-state index is 13.1. The van der Waals surface area contributed by atoms with Gasteiger partial charge in [0.15, 0.2) is 0 Å². The number of halogens is 4. The Bertz CT molecular complexity index is 396. The van der Waals surface area contributed by atoms with E-state index in [2.05, 4.69) is 15.9 Å². The molecule has 0 aromatic heterocycles. The largest absolute Gasteiger partial charge is 0.292 e. The number of alkyl halides is 2. The van der Waals surface area contributed by atoms with Crippen LogP contribution in [0.4, 0.5) is 13.2 Å². The maximum absolute atomic E-state index is 13.1. The van der Waals surface area contributed by atoms with E-state index in [1.54, 1.807) is 0 Å². The summed E-state index contributed by atoms with van der Waals surface area (Å²) in [4.78, 5) is 0. The molecule has 0 nitrogen and oxygen atoms in total. The Balaban J connectivity index is 2.71. The van der Waals surface area contributed by atoms with E-state index >= 15 is 0 Å². The minimum Gasteiger partial charge on any atom is -0.206 e. The predicted octanol–water partition coefficient (Wildman–Crippen LogP) is 3.71. The first kappa shape index (κ1) is 8.81. The predicted molar refractivity (Wildman–Crippen MR) is 47.0 cm³/mol. The monoisotopic (exact) mass is 248 g/mol. The fourth-order valence-corrected chi connectivity index (χ4v) is 1.74. The molecule has 1 aromatic rings. The van der Waals surface area contributed by atoms with Crippen molar-refractivity contribution in [3.8, 4) is 0 Å². The molecule has 0 atom stereocenters. The molecule has 1 aromatic carbocycles. The average molecular weight is 249 g/mol. The van der Waals surface area contributed by atoms with Crippen LogP contribution < -0.4 is 0 Å². The van der Waals surface area contributed by atoms with Crippen molar-refractivity contribution in [1.82, 2.24) is 0 Å². The zero-order chi connectivity index (χ0) is 9.64. The van der Waals surface area contributed by atoms with Gasteiger partial charge in [-0.1, -0.05) is 15.9 Å². The van der Waals surface area contributed by atoms with Crippen LogP contribution in [0.25, 0.3) is 6.08 Å². The third kappa shape index (κ3) is 1.29. The smallest absolute Gasteiger partial charge is 0.206 e. The van der Waals surface area contributed by atoms with E-state index in [1.165, 1.54) is 12.1 Å². The summed E-state index contributed by atoms with van der Waals surface area (Å²) in [5, 5.41) is 0. The van der Waals surface area contributed by atoms with Crippen LogP contribution in [-0.4, -0.2) is 0 Å². The Morgan fingerprint density at radius 1 is 1.23 bits per heavy atom. The molecule has 68 valence electrons. The van der Waals surface area contributed by atoms with Crippen LogP contribution in [0.3, 0.4) is 0 Å². The molecule has 2 rings (SSSR count). The molecule has 0 aliphatic heterocycles. The number of hydrogen-bond donors (Lipinski definition) is 0. The van der Waals surface area contributed by atoms with Gasteiger partial charge in [0.2, 0.25) is 0 Å². The normalized spacial score (nSPS) is 17.5. The second-order valence-electron chi connectivity index (χ2n) is 2.81. The molecule has 0 heterocycles. The quantitative estimate of drug-likeness (QED) is 0.657. The van der Waals surface area contributed by atoms with Crippen LogP contribution in [0.15, 0.2) is 22.7 Å². The van der Waals surface area contributed by atoms with Gasteiger partial charge in [0, 0.05) is 15.6 Å². The molecule has 0 saturated carbocycles. The van der Waals surface area contributed by atoms with Crippen molar-refractivity contribution in [2.75, 3.05) is 0 Å². The molecule has 0 fully saturated rings. The minimum absolute atomic E-state index is 0.0202. The molecular weight excluding hydrogens is 245 g/mol. The van der Waals surface area contributed by atoms with Crippen molar-refractivity contribution in [3.63, 3.8) is 0 Å². The summed E-state index contributed by atoms with van der Waals surface area (Å²) in [5.41, 5.74) is -0.299. The molecule has 0 spiro atoms. The summed E-state index contributed by atoms with van der Waals surface area (Å²) < 4.78 is 39.5. The van der Waals surface area contributed by atoms with Crippen molar-refractivity contribution in [1.29, 1.82) is 0 Å². The lowest BCUT2D eigenvalue weighted by Crippen LogP contribution is -2.07. The van der Waals surface area contributed by atoms with Crippen molar-refractivity contribution in [2.45, 2.75) is 5.92 Å². The van der Waals surface area contributed by atoms with E-state index in [0.717, 1.165) is 6.08 Å². The van der Waals surface area contributed by atoms with Crippen LogP contribution in [0.5, 0.6) is 0 Å². The number of benzene rings is 1. The zero-order valence-corrected chi connectivity index (χ0v) is 7.91. The fraction of sp³-hybridized carbons (Fsp3) is 0.111. The van der Waals surface area contributed by atoms with Gasteiger partial charge in [-0.25, -0.2) is 4.39 Å². The molecular formula is C9H4BrF3. The van der Waals surface area contributed by atoms with E-state index in [4.69, 9.17) is 0 Å². The molecule has 0 saturated heterocycles. The Morgan fingerprint density at radius 3 is 2.62 bits per heavy atom. The van der Waals surface area contributed by atoms with Crippen LogP contribution in [-0.2, 0) is 5.92 Å². The third-order valence-corrected chi connectivity index (χ3v) is 2.37. The summed E-state index contributed by atoms with van der Waals surface area (Å²) in [6, 6.07) is 2.41. The van der Waals surface area contributed by atoms with E-state index in [0.29, 0.717) is 10.5 Å². The second kappa shape index (κ2) is 2.61. The zero-order valence-electron chi connectivity index (χ0n) is 6.32. The van der Waals surface area contributed by atoms with Crippen molar-refractivity contribution in [2.24, 2.45) is 0 Å². The fourth-order valence-electron chi connectivity index (χ4n) is 1.31. The highest BCUT2D eigenvalue weighted by molar-refractivity contribution is 9.10. The summed E-state index contributed by atoms with van der Waals surface area (Å²) in [6.45, 7) is 0. The van der Waals surface area contributed by atoms with E-state index in [1.807, 2.05) is 0 Å². The third-order valence-electron chi connectivity index (χ3n) is 1.91. The topological polar surface area (TPSA) is 0 Å². The van der Waals surface area contributed by atoms with Crippen LogP contribution in [0, 0.1) is 5.82 Å². The summed E-state index contributed by atoms with van der Waals surface area (Å²) in [6.07, 6.45) is 1.81. The maximum Gasteiger partial charge on any atom is 0.292 e. The first-order valence-electron chi connectivity index (χ1n) is 3.57. The number of allylic oxidation sites excluding steroid dienone is 1. The second-order valence-corrected chi connectivity index (χ2v) is 3.72. The first-order chi connectivity index (χ1) is 6.00. The summed E-state index contributed by atoms with van der Waals surface area (Å²) >= 11 is 2.97. The summed E-state index contributed by atoms with van der Waals surface area (Å²) in [7, 11) is 0. The molecule has 0 N–H and O–H groups in total. The highest BCUT2D eigenvalue weighted by Crippen LogP contribution is 2.40. The molecule has 0 radical (unpaired) electrons. The van der Waals surface area contributed by atoms with Crippen molar-refractivity contribution < 1.29 is 13.2 Å². The Labute approximate surface area is 81.2 Å². The standard InChI is InChI=1S/C9H4BrF3/c10-5-3-7-6(8(11)4-5)1-2-9(7,12)13/h1-4H. The highest BCUT2D eigenvalue weighted by Gasteiger charge is 2.36. The lowest BCUT2D eigenvalue weighted by molar-refractivity contribution is 0.0555. The van der Waals surface area contributed by atoms with Gasteiger partial charge in [0.1, 0.15) is 5.82 Å². The molecule has 1 aliphatic carbocycles. The van der Waals surface area contributed by atoms with E-state index in [-0.39, 0.29) is 11.1 Å². The van der Waals surface area contributed by atoms with Gasteiger partial charge in [0.05, 0.1) is 0 Å².